The van der Waals surface area contributed by atoms with Gasteiger partial charge in [-0.05, 0) is 41.0 Å². The maximum atomic E-state index is 13.6. The number of aromatic amines is 1. The third-order valence-corrected chi connectivity index (χ3v) is 5.14. The maximum absolute atomic E-state index is 13.6. The number of hydrogen-bond acceptors (Lipinski definition) is 2. The third-order valence-electron chi connectivity index (χ3n) is 5.05. The molecule has 4 rings (SSSR count). The van der Waals surface area contributed by atoms with Gasteiger partial charge in [-0.3, -0.25) is 0 Å². The number of rotatable bonds is 5. The highest BCUT2D eigenvalue weighted by Crippen LogP contribution is 2.44. The lowest BCUT2D eigenvalue weighted by molar-refractivity contribution is -0.136. The molecule has 0 saturated carbocycles. The second kappa shape index (κ2) is 8.27. The van der Waals surface area contributed by atoms with Crippen LogP contribution in [0.4, 0.5) is 18.9 Å². The number of thiocarbonyl (C=S) groups is 1. The van der Waals surface area contributed by atoms with Gasteiger partial charge in [-0.25, -0.2) is 0 Å². The zero-order chi connectivity index (χ0) is 21.1. The molecule has 0 aliphatic rings. The molecule has 0 aliphatic heterocycles. The molecular weight excluding hydrogens is 405 g/mol. The van der Waals surface area contributed by atoms with E-state index >= 15 is 0 Å². The number of alkyl halides is 3. The Morgan fingerprint density at radius 2 is 1.60 bits per heavy atom. The van der Waals surface area contributed by atoms with Gasteiger partial charge in [0.1, 0.15) is 0 Å². The summed E-state index contributed by atoms with van der Waals surface area (Å²) < 4.78 is 40.9. The van der Waals surface area contributed by atoms with E-state index in [0.29, 0.717) is 28.0 Å². The van der Waals surface area contributed by atoms with Crippen LogP contribution in [0.5, 0.6) is 0 Å². The van der Waals surface area contributed by atoms with Crippen LogP contribution in [0.1, 0.15) is 23.5 Å². The van der Waals surface area contributed by atoms with E-state index < -0.39 is 18.5 Å². The van der Waals surface area contributed by atoms with Crippen LogP contribution in [-0.2, 0) is 0 Å². The number of halogens is 3. The standard InChI is InChI=1S/C24H17F3N2S/c25-24(26,27)14-20(16-7-3-1-4-8-16)22-19-12-11-18(28-15-30)13-21(19)29-23(22)17-9-5-2-6-10-17/h1-13,20,29H,14H2. The lowest BCUT2D eigenvalue weighted by Crippen LogP contribution is -2.15. The highest BCUT2D eigenvalue weighted by molar-refractivity contribution is 7.78. The van der Waals surface area contributed by atoms with Crippen LogP contribution in [0.2, 0.25) is 0 Å². The number of isothiocyanates is 1. The lowest BCUT2D eigenvalue weighted by atomic mass is 9.85. The smallest absolute Gasteiger partial charge is 0.354 e. The molecule has 30 heavy (non-hydrogen) atoms. The van der Waals surface area contributed by atoms with E-state index in [9.17, 15) is 13.2 Å². The molecule has 3 aromatic carbocycles. The van der Waals surface area contributed by atoms with E-state index in [-0.39, 0.29) is 0 Å². The number of nitrogens with zero attached hydrogens (tertiary/aromatic N) is 1. The molecule has 0 aliphatic carbocycles. The van der Waals surface area contributed by atoms with Crippen molar-refractivity contribution in [2.75, 3.05) is 0 Å². The predicted octanol–water partition coefficient (Wildman–Crippen LogP) is 7.65. The van der Waals surface area contributed by atoms with Gasteiger partial charge in [-0.1, -0.05) is 66.7 Å². The summed E-state index contributed by atoms with van der Waals surface area (Å²) in [6, 6.07) is 23.5. The molecule has 0 amide bonds. The van der Waals surface area contributed by atoms with Crippen LogP contribution in [0, 0.1) is 0 Å². The number of nitrogens with one attached hydrogen (secondary N) is 1. The summed E-state index contributed by atoms with van der Waals surface area (Å²) in [5, 5.41) is 3.06. The molecule has 0 spiro atoms. The van der Waals surface area contributed by atoms with E-state index in [1.54, 1.807) is 48.5 Å². The van der Waals surface area contributed by atoms with Crippen molar-refractivity contribution in [1.82, 2.24) is 4.98 Å². The second-order valence-electron chi connectivity index (χ2n) is 7.00. The number of hydrogen-bond donors (Lipinski definition) is 1. The summed E-state index contributed by atoms with van der Waals surface area (Å²) in [7, 11) is 0. The summed E-state index contributed by atoms with van der Waals surface area (Å²) in [6.07, 6.45) is -5.27. The molecule has 1 heterocycles. The molecule has 150 valence electrons. The van der Waals surface area contributed by atoms with Gasteiger partial charge < -0.3 is 4.98 Å². The van der Waals surface area contributed by atoms with Crippen LogP contribution in [0.3, 0.4) is 0 Å². The van der Waals surface area contributed by atoms with Gasteiger partial charge in [-0.2, -0.15) is 18.2 Å². The average Bonchev–Trinajstić information content (AvgIpc) is 3.11. The van der Waals surface area contributed by atoms with Crippen LogP contribution in [0.25, 0.3) is 22.2 Å². The monoisotopic (exact) mass is 422 g/mol. The fourth-order valence-electron chi connectivity index (χ4n) is 3.83. The summed E-state index contributed by atoms with van der Waals surface area (Å²) >= 11 is 4.68. The summed E-state index contributed by atoms with van der Waals surface area (Å²) in [4.78, 5) is 7.32. The van der Waals surface area contributed by atoms with E-state index in [2.05, 4.69) is 27.4 Å². The molecule has 1 unspecified atom stereocenters. The van der Waals surface area contributed by atoms with Crippen molar-refractivity contribution < 1.29 is 13.2 Å². The Morgan fingerprint density at radius 1 is 0.933 bits per heavy atom. The fraction of sp³-hybridized carbons (Fsp3) is 0.125. The highest BCUT2D eigenvalue weighted by atomic mass is 32.1. The summed E-state index contributed by atoms with van der Waals surface area (Å²) in [5.41, 5.74) is 4.04. The van der Waals surface area contributed by atoms with Crippen molar-refractivity contribution >= 4 is 34.0 Å². The van der Waals surface area contributed by atoms with Crippen molar-refractivity contribution in [2.45, 2.75) is 18.5 Å². The minimum absolute atomic E-state index is 0.594. The molecule has 1 atom stereocenters. The average molecular weight is 422 g/mol. The Hall–Kier alpha value is -3.21. The van der Waals surface area contributed by atoms with Crippen LogP contribution in [0.15, 0.2) is 83.9 Å². The quantitative estimate of drug-likeness (QED) is 0.260. The Bertz CT molecular complexity index is 1210. The highest BCUT2D eigenvalue weighted by Gasteiger charge is 2.36. The van der Waals surface area contributed by atoms with E-state index in [1.165, 1.54) is 0 Å². The minimum atomic E-state index is -4.32. The zero-order valence-electron chi connectivity index (χ0n) is 15.8. The van der Waals surface area contributed by atoms with Crippen LogP contribution in [-0.4, -0.2) is 16.3 Å². The first-order chi connectivity index (χ1) is 14.5. The second-order valence-corrected chi connectivity index (χ2v) is 7.18. The van der Waals surface area contributed by atoms with Gasteiger partial charge >= 0.3 is 6.18 Å². The number of fused-ring (bicyclic) bond motifs is 1. The molecule has 0 saturated heterocycles. The molecule has 1 aromatic heterocycles. The predicted molar refractivity (Wildman–Crippen MR) is 117 cm³/mol. The first-order valence-corrected chi connectivity index (χ1v) is 9.78. The van der Waals surface area contributed by atoms with Crippen LogP contribution < -0.4 is 0 Å². The van der Waals surface area contributed by atoms with E-state index in [4.69, 9.17) is 0 Å². The number of benzene rings is 3. The van der Waals surface area contributed by atoms with Crippen LogP contribution >= 0.6 is 12.2 Å². The van der Waals surface area contributed by atoms with Gasteiger partial charge in [0.2, 0.25) is 0 Å². The molecule has 4 aromatic rings. The van der Waals surface area contributed by atoms with Gasteiger partial charge in [0.15, 0.2) is 0 Å². The van der Waals surface area contributed by atoms with Crippen molar-refractivity contribution in [1.29, 1.82) is 0 Å². The fourth-order valence-corrected chi connectivity index (χ4v) is 3.93. The SMILES string of the molecule is FC(F)(F)CC(c1ccccc1)c1c(-c2ccccc2)[nH]c2cc(N=C=S)ccc12. The van der Waals surface area contributed by atoms with E-state index in [0.717, 1.165) is 10.9 Å². The van der Waals surface area contributed by atoms with Gasteiger partial charge in [0.05, 0.1) is 23.0 Å². The largest absolute Gasteiger partial charge is 0.390 e. The molecule has 2 nitrogen and oxygen atoms in total. The molecule has 0 fully saturated rings. The molecule has 1 N–H and O–H groups in total. The Balaban J connectivity index is 2.01. The number of aromatic nitrogens is 1. The third kappa shape index (κ3) is 4.20. The molecule has 0 radical (unpaired) electrons. The van der Waals surface area contributed by atoms with Crippen molar-refractivity contribution in [3.05, 3.63) is 90.0 Å². The normalized spacial score (nSPS) is 12.5. The molecule has 0 bridgehead atoms. The summed E-state index contributed by atoms with van der Waals surface area (Å²) in [6.45, 7) is 0. The van der Waals surface area contributed by atoms with Crippen molar-refractivity contribution in [3.63, 3.8) is 0 Å². The van der Waals surface area contributed by atoms with Gasteiger partial charge in [-0.15, -0.1) is 0 Å². The Kier molecular flexibility index (Phi) is 5.53. The molecular formula is C24H17F3N2S. The first kappa shape index (κ1) is 20.1. The van der Waals surface area contributed by atoms with Gasteiger partial charge in [0.25, 0.3) is 0 Å². The number of H-pyrrole nitrogens is 1. The zero-order valence-corrected chi connectivity index (χ0v) is 16.6. The molecule has 6 heteroatoms. The van der Waals surface area contributed by atoms with Crippen molar-refractivity contribution in [3.8, 4) is 11.3 Å². The van der Waals surface area contributed by atoms with Gasteiger partial charge in [0, 0.05) is 16.8 Å². The van der Waals surface area contributed by atoms with E-state index in [1.807, 2.05) is 30.3 Å². The minimum Gasteiger partial charge on any atom is -0.354 e. The number of aliphatic imine (C=N–C) groups is 1. The maximum Gasteiger partial charge on any atom is 0.390 e. The topological polar surface area (TPSA) is 28.1 Å². The lowest BCUT2D eigenvalue weighted by Gasteiger charge is -2.21. The first-order valence-electron chi connectivity index (χ1n) is 9.37. The Labute approximate surface area is 177 Å². The Morgan fingerprint density at radius 3 is 2.23 bits per heavy atom. The van der Waals surface area contributed by atoms with Crippen molar-refractivity contribution in [2.24, 2.45) is 4.99 Å². The summed E-state index contributed by atoms with van der Waals surface area (Å²) in [5.74, 6) is -0.852.